The molecule has 6 heteroatoms. The number of amides is 4. The molecule has 0 bridgehead atoms. The van der Waals surface area contributed by atoms with E-state index in [9.17, 15) is 14.4 Å². The highest BCUT2D eigenvalue weighted by Gasteiger charge is 2.37. The maximum absolute atomic E-state index is 12.9. The molecule has 0 radical (unpaired) electrons. The molecule has 3 rings (SSSR count). The van der Waals surface area contributed by atoms with Gasteiger partial charge in [0.1, 0.15) is 11.3 Å². The van der Waals surface area contributed by atoms with Crippen LogP contribution < -0.4 is 15.0 Å². The van der Waals surface area contributed by atoms with Crippen molar-refractivity contribution in [2.75, 3.05) is 12.0 Å². The third kappa shape index (κ3) is 3.21. The Hall–Kier alpha value is -3.41. The van der Waals surface area contributed by atoms with Gasteiger partial charge in [-0.05, 0) is 41.8 Å². The minimum absolute atomic E-state index is 0.108. The molecule has 0 atom stereocenters. The summed E-state index contributed by atoms with van der Waals surface area (Å²) in [6.45, 7) is 1.93. The first-order valence-corrected chi connectivity index (χ1v) is 8.18. The van der Waals surface area contributed by atoms with Gasteiger partial charge in [-0.15, -0.1) is 0 Å². The third-order valence-corrected chi connectivity index (χ3v) is 4.12. The van der Waals surface area contributed by atoms with E-state index in [1.165, 1.54) is 13.2 Å². The molecule has 0 spiro atoms. The van der Waals surface area contributed by atoms with Gasteiger partial charge in [-0.3, -0.25) is 14.9 Å². The number of aryl methyl sites for hydroxylation is 1. The number of carbonyl (C=O) groups is 3. The molecule has 0 aliphatic carbocycles. The van der Waals surface area contributed by atoms with E-state index < -0.39 is 17.8 Å². The average molecular weight is 350 g/mol. The summed E-state index contributed by atoms with van der Waals surface area (Å²) in [5.41, 5.74) is 1.83. The Kier molecular flexibility index (Phi) is 4.84. The number of ether oxygens (including phenoxy) is 1. The van der Waals surface area contributed by atoms with Gasteiger partial charge in [0.2, 0.25) is 0 Å². The van der Waals surface area contributed by atoms with Gasteiger partial charge in [0.15, 0.2) is 0 Å². The van der Waals surface area contributed by atoms with Crippen molar-refractivity contribution >= 4 is 29.6 Å². The molecule has 2 aromatic rings. The predicted octanol–water partition coefficient (Wildman–Crippen LogP) is 2.92. The van der Waals surface area contributed by atoms with E-state index in [2.05, 4.69) is 5.32 Å². The Balaban J connectivity index is 2.04. The number of carbonyl (C=O) groups excluding carboxylic acids is 3. The zero-order valence-corrected chi connectivity index (χ0v) is 14.5. The molecular weight excluding hydrogens is 332 g/mol. The van der Waals surface area contributed by atoms with Crippen molar-refractivity contribution in [2.45, 2.75) is 13.3 Å². The number of benzene rings is 2. The fourth-order valence-electron chi connectivity index (χ4n) is 2.80. The molecule has 1 fully saturated rings. The highest BCUT2D eigenvalue weighted by molar-refractivity contribution is 6.39. The maximum atomic E-state index is 12.9. The molecule has 1 saturated heterocycles. The number of rotatable bonds is 4. The Morgan fingerprint density at radius 3 is 2.58 bits per heavy atom. The summed E-state index contributed by atoms with van der Waals surface area (Å²) < 4.78 is 5.16. The van der Waals surface area contributed by atoms with Crippen LogP contribution >= 0.6 is 0 Å². The maximum Gasteiger partial charge on any atom is 0.335 e. The van der Waals surface area contributed by atoms with E-state index >= 15 is 0 Å². The van der Waals surface area contributed by atoms with Crippen LogP contribution in [0.3, 0.4) is 0 Å². The van der Waals surface area contributed by atoms with E-state index in [-0.39, 0.29) is 5.57 Å². The lowest BCUT2D eigenvalue weighted by Gasteiger charge is -2.28. The molecule has 1 aliphatic rings. The van der Waals surface area contributed by atoms with E-state index in [0.717, 1.165) is 10.5 Å². The number of para-hydroxylation sites is 1. The molecule has 1 aliphatic heterocycles. The van der Waals surface area contributed by atoms with Crippen molar-refractivity contribution in [1.82, 2.24) is 5.32 Å². The first kappa shape index (κ1) is 17.4. The van der Waals surface area contributed by atoms with Crippen LogP contribution in [0.15, 0.2) is 54.1 Å². The van der Waals surface area contributed by atoms with Gasteiger partial charge in [0.25, 0.3) is 11.8 Å². The fourth-order valence-corrected chi connectivity index (χ4v) is 2.80. The minimum Gasteiger partial charge on any atom is -0.497 e. The van der Waals surface area contributed by atoms with Crippen molar-refractivity contribution in [3.63, 3.8) is 0 Å². The standard InChI is InChI=1S/C20H18N2O4/c1-3-14-8-4-5-10-17(14)22-19(24)16(18(23)21-20(22)25)12-13-7-6-9-15(11-13)26-2/h4-12H,3H2,1-2H3,(H,21,23,25)/b16-12-. The zero-order chi connectivity index (χ0) is 18.7. The van der Waals surface area contributed by atoms with Crippen molar-refractivity contribution in [1.29, 1.82) is 0 Å². The van der Waals surface area contributed by atoms with Gasteiger partial charge >= 0.3 is 6.03 Å². The first-order valence-electron chi connectivity index (χ1n) is 8.18. The number of hydrogen-bond acceptors (Lipinski definition) is 4. The molecule has 132 valence electrons. The largest absolute Gasteiger partial charge is 0.497 e. The number of nitrogens with zero attached hydrogens (tertiary/aromatic N) is 1. The Labute approximate surface area is 151 Å². The van der Waals surface area contributed by atoms with E-state index in [0.29, 0.717) is 23.4 Å². The summed E-state index contributed by atoms with van der Waals surface area (Å²) >= 11 is 0. The fraction of sp³-hybridized carbons (Fsp3) is 0.150. The Morgan fingerprint density at radius 2 is 1.85 bits per heavy atom. The van der Waals surface area contributed by atoms with Crippen molar-refractivity contribution in [3.8, 4) is 5.75 Å². The SMILES string of the molecule is CCc1ccccc1N1C(=O)NC(=O)/C(=C/c2cccc(OC)c2)C1=O. The van der Waals surface area contributed by atoms with E-state index in [1.54, 1.807) is 36.4 Å². The van der Waals surface area contributed by atoms with Gasteiger partial charge < -0.3 is 4.74 Å². The second-order valence-electron chi connectivity index (χ2n) is 5.72. The lowest BCUT2D eigenvalue weighted by Crippen LogP contribution is -2.54. The van der Waals surface area contributed by atoms with Gasteiger partial charge in [-0.1, -0.05) is 37.3 Å². The van der Waals surface area contributed by atoms with Gasteiger partial charge in [0, 0.05) is 0 Å². The average Bonchev–Trinajstić information content (AvgIpc) is 2.65. The number of hydrogen-bond donors (Lipinski definition) is 1. The van der Waals surface area contributed by atoms with Crippen LogP contribution in [0, 0.1) is 0 Å². The topological polar surface area (TPSA) is 75.7 Å². The van der Waals surface area contributed by atoms with Crippen LogP contribution in [-0.2, 0) is 16.0 Å². The number of barbiturate groups is 1. The van der Waals surface area contributed by atoms with Crippen LogP contribution in [-0.4, -0.2) is 25.0 Å². The van der Waals surface area contributed by atoms with Crippen molar-refractivity contribution in [3.05, 3.63) is 65.2 Å². The Morgan fingerprint density at radius 1 is 1.08 bits per heavy atom. The number of imide groups is 2. The van der Waals surface area contributed by atoms with E-state index in [1.807, 2.05) is 19.1 Å². The van der Waals surface area contributed by atoms with Crippen LogP contribution in [0.1, 0.15) is 18.1 Å². The first-order chi connectivity index (χ1) is 12.5. The third-order valence-electron chi connectivity index (χ3n) is 4.12. The summed E-state index contributed by atoms with van der Waals surface area (Å²) in [6, 6.07) is 13.3. The van der Waals surface area contributed by atoms with Crippen molar-refractivity contribution < 1.29 is 19.1 Å². The summed E-state index contributed by atoms with van der Waals surface area (Å²) in [4.78, 5) is 38.5. The molecule has 26 heavy (non-hydrogen) atoms. The molecule has 2 aromatic carbocycles. The van der Waals surface area contributed by atoms with Gasteiger partial charge in [-0.2, -0.15) is 0 Å². The second kappa shape index (κ2) is 7.23. The smallest absolute Gasteiger partial charge is 0.335 e. The number of nitrogens with one attached hydrogen (secondary N) is 1. The van der Waals surface area contributed by atoms with E-state index in [4.69, 9.17) is 4.74 Å². The molecule has 0 saturated carbocycles. The molecule has 1 N–H and O–H groups in total. The summed E-state index contributed by atoms with van der Waals surface area (Å²) in [6.07, 6.45) is 2.10. The lowest BCUT2D eigenvalue weighted by molar-refractivity contribution is -0.122. The quantitative estimate of drug-likeness (QED) is 0.679. The highest BCUT2D eigenvalue weighted by Crippen LogP contribution is 2.26. The minimum atomic E-state index is -0.747. The summed E-state index contributed by atoms with van der Waals surface area (Å²) in [5.74, 6) is -0.761. The predicted molar refractivity (Wildman–Crippen MR) is 97.8 cm³/mol. The van der Waals surface area contributed by atoms with Crippen molar-refractivity contribution in [2.24, 2.45) is 0 Å². The molecule has 0 unspecified atom stereocenters. The number of urea groups is 1. The normalized spacial score (nSPS) is 16.0. The molecule has 0 aromatic heterocycles. The van der Waals surface area contributed by atoms with Gasteiger partial charge in [0.05, 0.1) is 12.8 Å². The summed E-state index contributed by atoms with van der Waals surface area (Å²) in [7, 11) is 1.53. The highest BCUT2D eigenvalue weighted by atomic mass is 16.5. The van der Waals surface area contributed by atoms with Crippen LogP contribution in [0.2, 0.25) is 0 Å². The Bertz CT molecular complexity index is 918. The molecule has 1 heterocycles. The van der Waals surface area contributed by atoms with Crippen LogP contribution in [0.25, 0.3) is 6.08 Å². The van der Waals surface area contributed by atoms with Gasteiger partial charge in [-0.25, -0.2) is 9.69 Å². The monoisotopic (exact) mass is 350 g/mol. The molecular formula is C20H18N2O4. The number of methoxy groups -OCH3 is 1. The van der Waals surface area contributed by atoms with Crippen LogP contribution in [0.5, 0.6) is 5.75 Å². The zero-order valence-electron chi connectivity index (χ0n) is 14.5. The molecule has 6 nitrogen and oxygen atoms in total. The number of anilines is 1. The summed E-state index contributed by atoms with van der Waals surface area (Å²) in [5, 5.41) is 2.24. The lowest BCUT2D eigenvalue weighted by atomic mass is 10.0. The second-order valence-corrected chi connectivity index (χ2v) is 5.72. The molecule has 4 amide bonds. The van der Waals surface area contributed by atoms with Crippen LogP contribution in [0.4, 0.5) is 10.5 Å².